The minimum atomic E-state index is -1.12. The lowest BCUT2D eigenvalue weighted by atomic mass is 10.1. The van der Waals surface area contributed by atoms with E-state index in [1.54, 1.807) is 7.05 Å². The number of carbonyl (C=O) groups excluding carboxylic acids is 3. The number of esters is 2. The van der Waals surface area contributed by atoms with E-state index in [1.165, 1.54) is 55.0 Å². The largest absolute Gasteiger partial charge is 0.457 e. The van der Waals surface area contributed by atoms with Crippen molar-refractivity contribution in [2.24, 2.45) is 19.5 Å². The van der Waals surface area contributed by atoms with E-state index < -0.39 is 70.6 Å². The van der Waals surface area contributed by atoms with Crippen LogP contribution in [0.1, 0.15) is 61.4 Å². The van der Waals surface area contributed by atoms with Crippen molar-refractivity contribution in [1.29, 1.82) is 5.26 Å². The maximum Gasteiger partial charge on any atom is 0.312 e. The molecule has 7 rings (SSSR count). The summed E-state index contributed by atoms with van der Waals surface area (Å²) in [6.07, 6.45) is 4.70. The second-order valence-electron chi connectivity index (χ2n) is 14.2. The van der Waals surface area contributed by atoms with E-state index in [9.17, 15) is 40.7 Å². The van der Waals surface area contributed by atoms with Crippen molar-refractivity contribution in [3.8, 4) is 28.6 Å². The first-order chi connectivity index (χ1) is 29.9. The van der Waals surface area contributed by atoms with Crippen LogP contribution in [0.5, 0.6) is 0 Å². The maximum absolute atomic E-state index is 14.9. The number of halogens is 6. The highest BCUT2D eigenvalue weighted by Crippen LogP contribution is 2.45. The molecule has 0 aromatic carbocycles. The monoisotopic (exact) mass is 875 g/mol. The predicted octanol–water partition coefficient (Wildman–Crippen LogP) is 6.11. The fourth-order valence-electron chi connectivity index (χ4n) is 6.19. The van der Waals surface area contributed by atoms with E-state index in [-0.39, 0.29) is 58.0 Å². The summed E-state index contributed by atoms with van der Waals surface area (Å²) in [7, 11) is 3.11. The van der Waals surface area contributed by atoms with Crippen molar-refractivity contribution >= 4 is 29.2 Å². The van der Waals surface area contributed by atoms with Crippen molar-refractivity contribution in [2.45, 2.75) is 51.7 Å². The minimum absolute atomic E-state index is 0.0153. The van der Waals surface area contributed by atoms with Gasteiger partial charge in [-0.1, -0.05) is 0 Å². The predicted molar refractivity (Wildman–Crippen MR) is 208 cm³/mol. The number of hydrogen-bond acceptors (Lipinski definition) is 13. The van der Waals surface area contributed by atoms with Gasteiger partial charge in [-0.2, -0.15) is 24.2 Å². The van der Waals surface area contributed by atoms with Gasteiger partial charge in [0.25, 0.3) is 0 Å². The summed E-state index contributed by atoms with van der Waals surface area (Å²) in [5.74, 6) is -6.92. The van der Waals surface area contributed by atoms with Gasteiger partial charge in [-0.05, 0) is 38.8 Å². The molecule has 6 aromatic heterocycles. The zero-order valence-electron chi connectivity index (χ0n) is 33.7. The van der Waals surface area contributed by atoms with Gasteiger partial charge in [0, 0.05) is 37.4 Å². The van der Waals surface area contributed by atoms with Crippen LogP contribution < -0.4 is 11.1 Å². The Morgan fingerprint density at radius 3 is 1.62 bits per heavy atom. The second-order valence-corrected chi connectivity index (χ2v) is 14.2. The number of rotatable bonds is 12. The lowest BCUT2D eigenvalue weighted by molar-refractivity contribution is -0.149. The SMILES string of the molecule is C[C@@H](OC(=O)Cc1c(-c2ncc(N)cc2F)cnn1C)c1cc(F)cnc1F.C[C@@H](OC(=O)Cc1c(-c2ncc(NC(=O)C3(C#N)CC3)cc2F)cnn1C)c1cc(F)cnc1F. The molecule has 63 heavy (non-hydrogen) atoms. The number of hydrogen-bond donors (Lipinski definition) is 2. The summed E-state index contributed by atoms with van der Waals surface area (Å²) in [5, 5.41) is 19.7. The van der Waals surface area contributed by atoms with E-state index >= 15 is 0 Å². The first-order valence-electron chi connectivity index (χ1n) is 18.7. The van der Waals surface area contributed by atoms with Crippen LogP contribution in [0.25, 0.3) is 22.5 Å². The van der Waals surface area contributed by atoms with Crippen LogP contribution in [0.2, 0.25) is 0 Å². The Hall–Kier alpha value is -7.70. The van der Waals surface area contributed by atoms with Crippen LogP contribution in [0.4, 0.5) is 37.7 Å². The highest BCUT2D eigenvalue weighted by Gasteiger charge is 2.50. The Morgan fingerprint density at radius 2 is 1.19 bits per heavy atom. The number of nitriles is 1. The van der Waals surface area contributed by atoms with E-state index in [1.807, 2.05) is 6.07 Å². The Balaban J connectivity index is 0.000000215. The van der Waals surface area contributed by atoms with Gasteiger partial charge in [-0.25, -0.2) is 27.5 Å². The minimum Gasteiger partial charge on any atom is -0.457 e. The molecule has 326 valence electrons. The highest BCUT2D eigenvalue weighted by atomic mass is 19.1. The first-order valence-corrected chi connectivity index (χ1v) is 18.7. The van der Waals surface area contributed by atoms with Crippen LogP contribution in [-0.2, 0) is 50.8 Å². The molecule has 6 heterocycles. The molecule has 1 aliphatic carbocycles. The van der Waals surface area contributed by atoms with Crippen LogP contribution in [0, 0.1) is 51.9 Å². The summed E-state index contributed by atoms with van der Waals surface area (Å²) in [5.41, 5.74) is 5.24. The summed E-state index contributed by atoms with van der Waals surface area (Å²) in [6, 6.07) is 5.92. The third-order valence-electron chi connectivity index (χ3n) is 9.78. The van der Waals surface area contributed by atoms with Crippen LogP contribution in [0.3, 0.4) is 0 Å². The first kappa shape index (κ1) is 44.8. The summed E-state index contributed by atoms with van der Waals surface area (Å²) in [4.78, 5) is 51.6. The smallest absolute Gasteiger partial charge is 0.312 e. The number of ether oxygens (including phenoxy) is 2. The number of nitrogen functional groups attached to an aromatic ring is 1. The second kappa shape index (κ2) is 18.5. The number of nitrogens with one attached hydrogen (secondary N) is 1. The van der Waals surface area contributed by atoms with E-state index in [0.29, 0.717) is 30.3 Å². The normalized spacial score (nSPS) is 13.5. The zero-order valence-corrected chi connectivity index (χ0v) is 33.7. The quantitative estimate of drug-likeness (QED) is 0.0807. The molecule has 1 aliphatic rings. The number of nitrogens with zero attached hydrogens (tertiary/aromatic N) is 9. The Labute approximate surface area is 353 Å². The van der Waals surface area contributed by atoms with Gasteiger partial charge >= 0.3 is 11.9 Å². The molecule has 0 spiro atoms. The summed E-state index contributed by atoms with van der Waals surface area (Å²) >= 11 is 0. The van der Waals surface area contributed by atoms with Crippen molar-refractivity contribution < 1.29 is 50.2 Å². The van der Waals surface area contributed by atoms with Gasteiger partial charge in [-0.15, -0.1) is 0 Å². The number of aryl methyl sites for hydroxylation is 2. The maximum atomic E-state index is 14.9. The van der Waals surface area contributed by atoms with Gasteiger partial charge in [0.2, 0.25) is 17.8 Å². The standard InChI is InChI=1S/C23H19F3N6O3.C18H16F3N5O2/c1-12(15-5-13(24)8-29-21(15)26)35-19(33)7-18-16(10-30-32(18)2)20-17(25)6-14(9-28-20)31-22(34)23(11-27)3-4-23;1-9(12-3-10(19)6-24-18(12)21)28-16(27)5-15-13(8-25-26(15)2)17-14(20)4-11(22)7-23-17/h5-6,8-10,12H,3-4,7H2,1-2H3,(H,31,34);3-4,6-9H,5,22H2,1-2H3/t12-;9-/m11/s1. The highest BCUT2D eigenvalue weighted by molar-refractivity contribution is 5.99. The van der Waals surface area contributed by atoms with Crippen molar-refractivity contribution in [3.63, 3.8) is 0 Å². The van der Waals surface area contributed by atoms with Gasteiger partial charge < -0.3 is 20.5 Å². The number of aromatic nitrogens is 8. The molecule has 0 unspecified atom stereocenters. The molecule has 6 aromatic rings. The molecule has 22 heteroatoms. The average Bonchev–Trinajstić information content (AvgIpc) is 3.86. The Kier molecular flexibility index (Phi) is 13.2. The molecular formula is C41H35F6N11O5. The molecule has 0 bridgehead atoms. The van der Waals surface area contributed by atoms with Crippen LogP contribution >= 0.6 is 0 Å². The molecule has 2 atom stereocenters. The van der Waals surface area contributed by atoms with Gasteiger partial charge in [0.15, 0.2) is 11.6 Å². The van der Waals surface area contributed by atoms with Crippen LogP contribution in [0.15, 0.2) is 61.4 Å². The number of amides is 1. The van der Waals surface area contributed by atoms with Gasteiger partial charge in [-0.3, -0.25) is 33.7 Å². The number of carbonyl (C=O) groups is 3. The topological polar surface area (TPSA) is 219 Å². The Bertz CT molecular complexity index is 2770. The van der Waals surface area contributed by atoms with E-state index in [2.05, 4.69) is 35.5 Å². The lowest BCUT2D eigenvalue weighted by Gasteiger charge is -2.15. The van der Waals surface area contributed by atoms with Gasteiger partial charge in [0.1, 0.15) is 40.6 Å². The van der Waals surface area contributed by atoms with Gasteiger partial charge in [0.05, 0.1) is 90.0 Å². The number of nitrogens with two attached hydrogens (primary N) is 1. The van der Waals surface area contributed by atoms with E-state index in [4.69, 9.17) is 20.5 Å². The molecule has 0 saturated heterocycles. The van der Waals surface area contributed by atoms with Crippen molar-refractivity contribution in [3.05, 3.63) is 119 Å². The zero-order chi connectivity index (χ0) is 45.7. The molecule has 0 radical (unpaired) electrons. The summed E-state index contributed by atoms with van der Waals surface area (Å²) in [6.45, 7) is 2.76. The number of anilines is 2. The van der Waals surface area contributed by atoms with Crippen molar-refractivity contribution in [1.82, 2.24) is 39.5 Å². The van der Waals surface area contributed by atoms with E-state index in [0.717, 1.165) is 30.5 Å². The third-order valence-corrected chi connectivity index (χ3v) is 9.78. The third kappa shape index (κ3) is 10.3. The van der Waals surface area contributed by atoms with Crippen LogP contribution in [-0.4, -0.2) is 57.3 Å². The van der Waals surface area contributed by atoms with Crippen molar-refractivity contribution in [2.75, 3.05) is 11.1 Å². The Morgan fingerprint density at radius 1 is 0.730 bits per heavy atom. The fourth-order valence-corrected chi connectivity index (χ4v) is 6.19. The molecule has 3 N–H and O–H groups in total. The lowest BCUT2D eigenvalue weighted by Crippen LogP contribution is -2.22. The molecule has 1 saturated carbocycles. The molecule has 0 aliphatic heterocycles. The number of pyridine rings is 4. The molecule has 16 nitrogen and oxygen atoms in total. The summed E-state index contributed by atoms with van der Waals surface area (Å²) < 4.78 is 96.5. The fraction of sp³-hybridized carbons (Fsp3) is 0.268. The molecular weight excluding hydrogens is 841 g/mol. The average molecular weight is 876 g/mol. The molecule has 1 amide bonds. The molecule has 1 fully saturated rings.